The lowest BCUT2D eigenvalue weighted by atomic mass is 10.1. The Morgan fingerprint density at radius 3 is 2.67 bits per heavy atom. The number of amides is 1. The fourth-order valence-electron chi connectivity index (χ4n) is 3.47. The number of morpholine rings is 1. The number of rotatable bonds is 6. The second kappa shape index (κ2) is 9.36. The third-order valence-corrected chi connectivity index (χ3v) is 5.99. The molecule has 30 heavy (non-hydrogen) atoms. The van der Waals surface area contributed by atoms with E-state index in [-0.39, 0.29) is 5.91 Å². The summed E-state index contributed by atoms with van der Waals surface area (Å²) in [6, 6.07) is 15.8. The molecule has 1 aliphatic heterocycles. The lowest BCUT2D eigenvalue weighted by Gasteiger charge is -2.28. The summed E-state index contributed by atoms with van der Waals surface area (Å²) in [4.78, 5) is 19.4. The number of anilines is 2. The smallest absolute Gasteiger partial charge is 0.234 e. The zero-order chi connectivity index (χ0) is 20.9. The molecule has 0 saturated carbocycles. The summed E-state index contributed by atoms with van der Waals surface area (Å²) in [7, 11) is 1.64. The monoisotopic (exact) mass is 423 g/mol. The van der Waals surface area contributed by atoms with Gasteiger partial charge in [-0.25, -0.2) is 4.98 Å². The number of thioether (sulfide) groups is 1. The van der Waals surface area contributed by atoms with Crippen LogP contribution in [0.3, 0.4) is 0 Å². The Morgan fingerprint density at radius 1 is 1.17 bits per heavy atom. The molecule has 2 heterocycles. The van der Waals surface area contributed by atoms with Gasteiger partial charge in [0.25, 0.3) is 0 Å². The molecule has 4 rings (SSSR count). The van der Waals surface area contributed by atoms with Crippen LogP contribution in [0.15, 0.2) is 53.6 Å². The van der Waals surface area contributed by atoms with Gasteiger partial charge < -0.3 is 19.7 Å². The van der Waals surface area contributed by atoms with Crippen LogP contribution in [0, 0.1) is 6.92 Å². The van der Waals surface area contributed by atoms with Gasteiger partial charge in [0.2, 0.25) is 5.91 Å². The summed E-state index contributed by atoms with van der Waals surface area (Å²) >= 11 is 1.43. The zero-order valence-corrected chi connectivity index (χ0v) is 18.0. The van der Waals surface area contributed by atoms with Crippen molar-refractivity contribution in [3.05, 3.63) is 54.1 Å². The van der Waals surface area contributed by atoms with Gasteiger partial charge in [0.1, 0.15) is 5.75 Å². The van der Waals surface area contributed by atoms with Gasteiger partial charge in [0.05, 0.1) is 36.6 Å². The average molecular weight is 424 g/mol. The van der Waals surface area contributed by atoms with E-state index in [9.17, 15) is 4.79 Å². The zero-order valence-electron chi connectivity index (χ0n) is 17.2. The van der Waals surface area contributed by atoms with Crippen LogP contribution in [0.1, 0.15) is 5.56 Å². The van der Waals surface area contributed by atoms with E-state index >= 15 is 0 Å². The second-order valence-corrected chi connectivity index (χ2v) is 8.14. The van der Waals surface area contributed by atoms with Crippen molar-refractivity contribution in [2.24, 2.45) is 0 Å². The van der Waals surface area contributed by atoms with Gasteiger partial charge in [-0.05, 0) is 55.0 Å². The number of fused-ring (bicyclic) bond motifs is 1. The van der Waals surface area contributed by atoms with Crippen molar-refractivity contribution in [1.29, 1.82) is 0 Å². The van der Waals surface area contributed by atoms with E-state index in [1.54, 1.807) is 7.11 Å². The molecule has 1 saturated heterocycles. The minimum absolute atomic E-state index is 0.0516. The standard InChI is InChI=1S/C23H25N3O3S/c1-16-13-23(25-21-14-19(28-2)7-8-20(16)21)30-15-22(27)24-17-3-5-18(6-4-17)26-9-11-29-12-10-26/h3-8,13-14H,9-12,15H2,1-2H3,(H,24,27). The number of carbonyl (C=O) groups is 1. The maximum absolute atomic E-state index is 12.4. The molecule has 0 radical (unpaired) electrons. The number of nitrogens with one attached hydrogen (secondary N) is 1. The maximum Gasteiger partial charge on any atom is 0.234 e. The molecule has 1 N–H and O–H groups in total. The van der Waals surface area contributed by atoms with Crippen molar-refractivity contribution in [2.75, 3.05) is 49.4 Å². The SMILES string of the molecule is COc1ccc2c(C)cc(SCC(=O)Nc3ccc(N4CCOCC4)cc3)nc2c1. The Balaban J connectivity index is 1.36. The van der Waals surface area contributed by atoms with Crippen molar-refractivity contribution in [2.45, 2.75) is 11.9 Å². The molecular formula is C23H25N3O3S. The Labute approximate surface area is 180 Å². The molecule has 1 aromatic heterocycles. The molecule has 7 heteroatoms. The highest BCUT2D eigenvalue weighted by Gasteiger charge is 2.12. The number of carbonyl (C=O) groups excluding carboxylic acids is 1. The topological polar surface area (TPSA) is 63.7 Å². The number of benzene rings is 2. The van der Waals surface area contributed by atoms with Crippen molar-refractivity contribution in [3.63, 3.8) is 0 Å². The molecule has 1 fully saturated rings. The fourth-order valence-corrected chi connectivity index (χ4v) is 4.24. The van der Waals surface area contributed by atoms with Gasteiger partial charge in [0.15, 0.2) is 0 Å². The Bertz CT molecular complexity index is 1030. The molecule has 0 bridgehead atoms. The van der Waals surface area contributed by atoms with Gasteiger partial charge >= 0.3 is 0 Å². The second-order valence-electron chi connectivity index (χ2n) is 7.14. The third kappa shape index (κ3) is 4.86. The molecule has 1 aliphatic rings. The highest BCUT2D eigenvalue weighted by atomic mass is 32.2. The van der Waals surface area contributed by atoms with Crippen LogP contribution >= 0.6 is 11.8 Å². The van der Waals surface area contributed by atoms with Gasteiger partial charge in [0, 0.05) is 35.9 Å². The number of hydrogen-bond donors (Lipinski definition) is 1. The summed E-state index contributed by atoms with van der Waals surface area (Å²) in [5, 5.41) is 4.87. The number of aryl methyl sites for hydroxylation is 1. The van der Waals surface area contributed by atoms with E-state index in [1.807, 2.05) is 48.5 Å². The molecule has 2 aromatic carbocycles. The van der Waals surface area contributed by atoms with E-state index in [1.165, 1.54) is 11.8 Å². The minimum atomic E-state index is -0.0516. The first-order valence-corrected chi connectivity index (χ1v) is 10.9. The van der Waals surface area contributed by atoms with Gasteiger partial charge in [-0.2, -0.15) is 0 Å². The van der Waals surface area contributed by atoms with Crippen molar-refractivity contribution >= 4 is 39.9 Å². The summed E-state index contributed by atoms with van der Waals surface area (Å²) < 4.78 is 10.7. The Morgan fingerprint density at radius 2 is 1.93 bits per heavy atom. The quantitative estimate of drug-likeness (QED) is 0.602. The van der Waals surface area contributed by atoms with Crippen LogP contribution in [-0.2, 0) is 9.53 Å². The normalized spacial score (nSPS) is 14.0. The predicted molar refractivity (Wildman–Crippen MR) is 122 cm³/mol. The number of pyridine rings is 1. The van der Waals surface area contributed by atoms with E-state index in [0.717, 1.165) is 64.9 Å². The summed E-state index contributed by atoms with van der Waals surface area (Å²) in [5.74, 6) is 1.02. The highest BCUT2D eigenvalue weighted by molar-refractivity contribution is 7.99. The van der Waals surface area contributed by atoms with Gasteiger partial charge in [-0.1, -0.05) is 11.8 Å². The van der Waals surface area contributed by atoms with Crippen LogP contribution in [0.2, 0.25) is 0 Å². The number of nitrogens with zero attached hydrogens (tertiary/aromatic N) is 2. The molecule has 0 unspecified atom stereocenters. The Hall–Kier alpha value is -2.77. The van der Waals surface area contributed by atoms with E-state index in [0.29, 0.717) is 5.75 Å². The number of aromatic nitrogens is 1. The van der Waals surface area contributed by atoms with Crippen molar-refractivity contribution < 1.29 is 14.3 Å². The third-order valence-electron chi connectivity index (χ3n) is 5.08. The van der Waals surface area contributed by atoms with E-state index in [4.69, 9.17) is 9.47 Å². The van der Waals surface area contributed by atoms with Crippen molar-refractivity contribution in [1.82, 2.24) is 4.98 Å². The average Bonchev–Trinajstić information content (AvgIpc) is 2.78. The molecule has 156 valence electrons. The van der Waals surface area contributed by atoms with Crippen LogP contribution in [-0.4, -0.2) is 50.1 Å². The van der Waals surface area contributed by atoms with E-state index < -0.39 is 0 Å². The number of methoxy groups -OCH3 is 1. The van der Waals surface area contributed by atoms with Crippen LogP contribution < -0.4 is 15.0 Å². The molecular weight excluding hydrogens is 398 g/mol. The lowest BCUT2D eigenvalue weighted by molar-refractivity contribution is -0.113. The largest absolute Gasteiger partial charge is 0.497 e. The maximum atomic E-state index is 12.4. The lowest BCUT2D eigenvalue weighted by Crippen LogP contribution is -2.36. The van der Waals surface area contributed by atoms with Crippen molar-refractivity contribution in [3.8, 4) is 5.75 Å². The number of hydrogen-bond acceptors (Lipinski definition) is 6. The number of ether oxygens (including phenoxy) is 2. The van der Waals surface area contributed by atoms with Crippen LogP contribution in [0.5, 0.6) is 5.75 Å². The molecule has 1 amide bonds. The summed E-state index contributed by atoms with van der Waals surface area (Å²) in [6.45, 7) is 5.35. The molecule has 3 aromatic rings. The Kier molecular flexibility index (Phi) is 6.40. The van der Waals surface area contributed by atoms with Crippen LogP contribution in [0.25, 0.3) is 10.9 Å². The van der Waals surface area contributed by atoms with Gasteiger partial charge in [-0.3, -0.25) is 4.79 Å². The fraction of sp³-hybridized carbons (Fsp3) is 0.304. The first-order valence-electron chi connectivity index (χ1n) is 9.93. The minimum Gasteiger partial charge on any atom is -0.497 e. The predicted octanol–water partition coefficient (Wildman–Crippen LogP) is 4.12. The molecule has 6 nitrogen and oxygen atoms in total. The first-order chi connectivity index (χ1) is 14.6. The van der Waals surface area contributed by atoms with E-state index in [2.05, 4.69) is 22.1 Å². The molecule has 0 aliphatic carbocycles. The summed E-state index contributed by atoms with van der Waals surface area (Å²) in [5.41, 5.74) is 3.95. The molecule has 0 atom stereocenters. The van der Waals surface area contributed by atoms with Crippen LogP contribution in [0.4, 0.5) is 11.4 Å². The van der Waals surface area contributed by atoms with Gasteiger partial charge in [-0.15, -0.1) is 0 Å². The highest BCUT2D eigenvalue weighted by Crippen LogP contribution is 2.27. The molecule has 0 spiro atoms. The summed E-state index contributed by atoms with van der Waals surface area (Å²) in [6.07, 6.45) is 0. The first kappa shape index (κ1) is 20.5.